The Morgan fingerprint density at radius 3 is 2.67 bits per heavy atom. The van der Waals surface area contributed by atoms with E-state index in [0.717, 1.165) is 72.2 Å². The number of carbonyl (C=O) groups excluding carboxylic acids is 1. The molecule has 1 aromatic heterocycles. The van der Waals surface area contributed by atoms with Gasteiger partial charge in [0.15, 0.2) is 0 Å². The molecule has 5 rings (SSSR count). The monoisotopic (exact) mass is 448 g/mol. The first kappa shape index (κ1) is 21.9. The average Bonchev–Trinajstić information content (AvgIpc) is 3.27. The van der Waals surface area contributed by atoms with Gasteiger partial charge in [0.2, 0.25) is 5.91 Å². The van der Waals surface area contributed by atoms with Crippen molar-refractivity contribution in [2.45, 2.75) is 38.7 Å². The van der Waals surface area contributed by atoms with Crippen molar-refractivity contribution in [1.82, 2.24) is 20.4 Å². The molecule has 7 nitrogen and oxygen atoms in total. The lowest BCUT2D eigenvalue weighted by Crippen LogP contribution is -2.51. The fraction of sp³-hybridized carbons (Fsp3) is 0.462. The number of hydrogen-bond acceptors (Lipinski definition) is 5. The maximum absolute atomic E-state index is 11.5. The van der Waals surface area contributed by atoms with Gasteiger partial charge in [-0.05, 0) is 79.2 Å². The number of aryl methyl sites for hydroxylation is 1. The summed E-state index contributed by atoms with van der Waals surface area (Å²) in [7, 11) is 0. The van der Waals surface area contributed by atoms with E-state index in [0.29, 0.717) is 13.0 Å². The maximum Gasteiger partial charge on any atom is 0.220 e. The maximum atomic E-state index is 11.5. The second kappa shape index (κ2) is 9.15. The Balaban J connectivity index is 1.13. The van der Waals surface area contributed by atoms with Crippen molar-refractivity contribution in [2.24, 2.45) is 5.41 Å². The molecular weight excluding hydrogens is 416 g/mol. The molecule has 2 aliphatic rings. The highest BCUT2D eigenvalue weighted by Gasteiger charge is 2.37. The number of H-pyrrole nitrogens is 1. The van der Waals surface area contributed by atoms with Gasteiger partial charge in [0.1, 0.15) is 18.5 Å². The zero-order valence-electron chi connectivity index (χ0n) is 19.1. The summed E-state index contributed by atoms with van der Waals surface area (Å²) in [6.45, 7) is 5.63. The Bertz CT molecular complexity index is 1120. The lowest BCUT2D eigenvalue weighted by molar-refractivity contribution is -0.125. The van der Waals surface area contributed by atoms with Gasteiger partial charge in [-0.15, -0.1) is 0 Å². The van der Waals surface area contributed by atoms with Crippen LogP contribution in [-0.4, -0.2) is 65.0 Å². The molecule has 174 valence electrons. The summed E-state index contributed by atoms with van der Waals surface area (Å²) >= 11 is 0. The van der Waals surface area contributed by atoms with Crippen LogP contribution >= 0.6 is 0 Å². The molecule has 1 atom stereocenters. The number of aromatic nitrogens is 2. The minimum absolute atomic E-state index is 0.179. The lowest BCUT2D eigenvalue weighted by Gasteiger charge is -2.44. The summed E-state index contributed by atoms with van der Waals surface area (Å²) in [4.78, 5) is 13.8. The number of rotatable bonds is 6. The van der Waals surface area contributed by atoms with Gasteiger partial charge < -0.3 is 20.1 Å². The van der Waals surface area contributed by atoms with Crippen LogP contribution in [0.1, 0.15) is 31.4 Å². The van der Waals surface area contributed by atoms with E-state index in [-0.39, 0.29) is 17.9 Å². The lowest BCUT2D eigenvalue weighted by atomic mass is 9.73. The largest absolute Gasteiger partial charge is 0.491 e. The fourth-order valence-electron chi connectivity index (χ4n) is 5.14. The van der Waals surface area contributed by atoms with Crippen molar-refractivity contribution in [1.29, 1.82) is 0 Å². The van der Waals surface area contributed by atoms with Crippen molar-refractivity contribution >= 4 is 16.7 Å². The van der Waals surface area contributed by atoms with E-state index < -0.39 is 6.10 Å². The zero-order chi connectivity index (χ0) is 22.8. The first-order chi connectivity index (χ1) is 16.0. The van der Waals surface area contributed by atoms with Crippen LogP contribution in [0.5, 0.6) is 5.75 Å². The van der Waals surface area contributed by atoms with Crippen molar-refractivity contribution in [3.05, 3.63) is 48.3 Å². The number of aliphatic hydroxyl groups excluding tert-OH is 1. The molecule has 1 amide bonds. The number of hydrogen-bond donors (Lipinski definition) is 3. The third-order valence-electron chi connectivity index (χ3n) is 7.32. The molecule has 7 heteroatoms. The molecule has 2 aliphatic heterocycles. The first-order valence-electron chi connectivity index (χ1n) is 11.8. The second-order valence-electron chi connectivity index (χ2n) is 9.67. The molecular formula is C26H32N4O3. The van der Waals surface area contributed by atoms with Gasteiger partial charge in [-0.3, -0.25) is 9.89 Å². The van der Waals surface area contributed by atoms with E-state index in [1.807, 2.05) is 25.3 Å². The van der Waals surface area contributed by atoms with E-state index in [4.69, 9.17) is 4.74 Å². The summed E-state index contributed by atoms with van der Waals surface area (Å²) < 4.78 is 5.92. The van der Waals surface area contributed by atoms with Gasteiger partial charge in [0, 0.05) is 30.8 Å². The number of carbonyl (C=O) groups is 1. The number of benzene rings is 2. The first-order valence-corrected chi connectivity index (χ1v) is 11.8. The van der Waals surface area contributed by atoms with E-state index in [2.05, 4.69) is 44.7 Å². The number of piperidine rings is 2. The molecule has 2 fully saturated rings. The van der Waals surface area contributed by atoms with Crippen molar-refractivity contribution in [3.8, 4) is 16.9 Å². The topological polar surface area (TPSA) is 90.5 Å². The Kier molecular flexibility index (Phi) is 6.08. The number of ether oxygens (including phenoxy) is 1. The Morgan fingerprint density at radius 2 is 1.94 bits per heavy atom. The number of likely N-dealkylation sites (tertiary alicyclic amines) is 1. The summed E-state index contributed by atoms with van der Waals surface area (Å²) in [5.41, 5.74) is 3.55. The SMILES string of the molecule is Cc1[nH]ncc1-c1ccc2cc(OCC(O)CN3CCC4(CCC(=O)NC4)CC3)ccc2c1. The Hall–Kier alpha value is -2.90. The standard InChI is InChI=1S/C26H32N4O3/c1-18-24(14-28-29-18)21-3-2-20-13-23(5-4-19(20)12-21)33-16-22(31)15-30-10-8-26(9-11-30)7-6-25(32)27-17-26/h2-5,12-14,22,31H,6-11,15-17H2,1H3,(H,27,32)(H,28,29). The number of aliphatic hydroxyl groups is 1. The minimum atomic E-state index is -0.535. The van der Waals surface area contributed by atoms with E-state index in [9.17, 15) is 9.90 Å². The number of aromatic amines is 1. The predicted molar refractivity (Wildman–Crippen MR) is 128 cm³/mol. The average molecular weight is 449 g/mol. The van der Waals surface area contributed by atoms with Crippen LogP contribution in [0, 0.1) is 12.3 Å². The van der Waals surface area contributed by atoms with Gasteiger partial charge in [-0.25, -0.2) is 0 Å². The van der Waals surface area contributed by atoms with Crippen LogP contribution in [0.4, 0.5) is 0 Å². The quantitative estimate of drug-likeness (QED) is 0.539. The van der Waals surface area contributed by atoms with Crippen LogP contribution in [0.25, 0.3) is 21.9 Å². The molecule has 2 saturated heterocycles. The highest BCUT2D eigenvalue weighted by molar-refractivity contribution is 5.88. The summed E-state index contributed by atoms with van der Waals surface area (Å²) in [5, 5.41) is 22.9. The fourth-order valence-corrected chi connectivity index (χ4v) is 5.14. The molecule has 0 aliphatic carbocycles. The molecule has 3 heterocycles. The predicted octanol–water partition coefficient (Wildman–Crippen LogP) is 3.27. The van der Waals surface area contributed by atoms with E-state index in [1.54, 1.807) is 0 Å². The molecule has 33 heavy (non-hydrogen) atoms. The highest BCUT2D eigenvalue weighted by Crippen LogP contribution is 2.37. The van der Waals surface area contributed by atoms with Gasteiger partial charge >= 0.3 is 0 Å². The molecule has 0 bridgehead atoms. The number of fused-ring (bicyclic) bond motifs is 1. The molecule has 2 aromatic carbocycles. The Labute approximate surface area is 194 Å². The number of β-amino-alcohol motifs (C(OH)–C–C–N with tert-alkyl or cyclic N) is 1. The van der Waals surface area contributed by atoms with Crippen molar-refractivity contribution in [2.75, 3.05) is 32.8 Å². The van der Waals surface area contributed by atoms with Gasteiger partial charge in [-0.1, -0.05) is 18.2 Å². The normalized spacial score (nSPS) is 19.5. The minimum Gasteiger partial charge on any atom is -0.491 e. The highest BCUT2D eigenvalue weighted by atomic mass is 16.5. The van der Waals surface area contributed by atoms with E-state index >= 15 is 0 Å². The smallest absolute Gasteiger partial charge is 0.220 e. The van der Waals surface area contributed by atoms with E-state index in [1.165, 1.54) is 0 Å². The molecule has 1 spiro atoms. The molecule has 0 saturated carbocycles. The third kappa shape index (κ3) is 4.89. The molecule has 0 radical (unpaired) electrons. The van der Waals surface area contributed by atoms with Gasteiger partial charge in [0.05, 0.1) is 6.20 Å². The second-order valence-corrected chi connectivity index (χ2v) is 9.67. The van der Waals surface area contributed by atoms with Crippen molar-refractivity contribution < 1.29 is 14.6 Å². The molecule has 3 N–H and O–H groups in total. The van der Waals surface area contributed by atoms with Crippen LogP contribution in [0.15, 0.2) is 42.6 Å². The van der Waals surface area contributed by atoms with Crippen LogP contribution < -0.4 is 10.1 Å². The number of amides is 1. The summed E-state index contributed by atoms with van der Waals surface area (Å²) in [5.74, 6) is 0.946. The van der Waals surface area contributed by atoms with Gasteiger partial charge in [0.25, 0.3) is 0 Å². The van der Waals surface area contributed by atoms with Crippen molar-refractivity contribution in [3.63, 3.8) is 0 Å². The Morgan fingerprint density at radius 1 is 1.15 bits per heavy atom. The number of nitrogens with one attached hydrogen (secondary N) is 2. The summed E-state index contributed by atoms with van der Waals surface area (Å²) in [6, 6.07) is 12.4. The van der Waals surface area contributed by atoms with Crippen LogP contribution in [0.2, 0.25) is 0 Å². The van der Waals surface area contributed by atoms with Crippen LogP contribution in [0.3, 0.4) is 0 Å². The van der Waals surface area contributed by atoms with Gasteiger partial charge in [-0.2, -0.15) is 5.10 Å². The molecule has 1 unspecified atom stereocenters. The zero-order valence-corrected chi connectivity index (χ0v) is 19.1. The summed E-state index contributed by atoms with van der Waals surface area (Å²) in [6.07, 6.45) is 5.10. The number of nitrogens with zero attached hydrogens (tertiary/aromatic N) is 2. The molecule has 3 aromatic rings. The van der Waals surface area contributed by atoms with Crippen LogP contribution in [-0.2, 0) is 4.79 Å². The third-order valence-corrected chi connectivity index (χ3v) is 7.32.